The van der Waals surface area contributed by atoms with E-state index in [2.05, 4.69) is 5.32 Å². The van der Waals surface area contributed by atoms with E-state index in [4.69, 9.17) is 9.47 Å². The molecular weight excluding hydrogens is 302 g/mol. The maximum absolute atomic E-state index is 12.5. The van der Waals surface area contributed by atoms with Crippen molar-refractivity contribution in [3.63, 3.8) is 0 Å². The number of carbonyl (C=O) groups is 1. The highest BCUT2D eigenvalue weighted by atomic mass is 16.5. The number of hydrogen-bond acceptors (Lipinski definition) is 3. The predicted molar refractivity (Wildman–Crippen MR) is 93.3 cm³/mol. The minimum absolute atomic E-state index is 0.0117. The molecule has 0 spiro atoms. The Morgan fingerprint density at radius 3 is 2.62 bits per heavy atom. The molecule has 0 fully saturated rings. The minimum Gasteiger partial charge on any atom is -0.497 e. The van der Waals surface area contributed by atoms with Crippen LogP contribution in [-0.4, -0.2) is 18.6 Å². The number of para-hydroxylation sites is 1. The third-order valence-electron chi connectivity index (χ3n) is 4.24. The van der Waals surface area contributed by atoms with Crippen molar-refractivity contribution in [2.24, 2.45) is 0 Å². The number of methoxy groups -OCH3 is 1. The van der Waals surface area contributed by atoms with Gasteiger partial charge in [0, 0.05) is 12.0 Å². The summed E-state index contributed by atoms with van der Waals surface area (Å²) in [5.74, 6) is 1.65. The topological polar surface area (TPSA) is 47.6 Å². The molecule has 1 atom stereocenters. The van der Waals surface area contributed by atoms with Crippen molar-refractivity contribution in [2.75, 3.05) is 7.11 Å². The molecule has 1 aliphatic heterocycles. The van der Waals surface area contributed by atoms with Crippen molar-refractivity contribution >= 4 is 5.91 Å². The highest BCUT2D eigenvalue weighted by molar-refractivity contribution is 5.79. The zero-order valence-corrected chi connectivity index (χ0v) is 14.3. The highest BCUT2D eigenvalue weighted by Crippen LogP contribution is 2.39. The van der Waals surface area contributed by atoms with Crippen LogP contribution >= 0.6 is 0 Å². The summed E-state index contributed by atoms with van der Waals surface area (Å²) in [5, 5.41) is 3.16. The molecule has 0 unspecified atom stereocenters. The second-order valence-corrected chi connectivity index (χ2v) is 6.75. The molecular formula is C20H23NO3. The van der Waals surface area contributed by atoms with Crippen LogP contribution in [0.5, 0.6) is 11.5 Å². The lowest BCUT2D eigenvalue weighted by molar-refractivity contribution is -0.121. The molecule has 0 saturated heterocycles. The minimum atomic E-state index is -0.299. The van der Waals surface area contributed by atoms with E-state index in [0.717, 1.165) is 29.0 Å². The summed E-state index contributed by atoms with van der Waals surface area (Å²) < 4.78 is 11.2. The number of amides is 1. The van der Waals surface area contributed by atoms with Gasteiger partial charge in [0.2, 0.25) is 5.91 Å². The predicted octanol–water partition coefficient (Wildman–Crippen LogP) is 3.66. The van der Waals surface area contributed by atoms with Gasteiger partial charge in [0.1, 0.15) is 17.1 Å². The molecule has 0 saturated carbocycles. The van der Waals surface area contributed by atoms with E-state index in [1.54, 1.807) is 7.11 Å². The van der Waals surface area contributed by atoms with Crippen molar-refractivity contribution in [1.82, 2.24) is 5.32 Å². The molecule has 4 heteroatoms. The van der Waals surface area contributed by atoms with Gasteiger partial charge >= 0.3 is 0 Å². The van der Waals surface area contributed by atoms with Crippen LogP contribution in [0.4, 0.5) is 0 Å². The molecule has 3 rings (SSSR count). The van der Waals surface area contributed by atoms with Gasteiger partial charge in [0.15, 0.2) is 0 Å². The van der Waals surface area contributed by atoms with Crippen LogP contribution in [0, 0.1) is 0 Å². The van der Waals surface area contributed by atoms with Crippen molar-refractivity contribution in [3.05, 3.63) is 59.7 Å². The molecule has 0 radical (unpaired) electrons. The quantitative estimate of drug-likeness (QED) is 0.933. The number of fused-ring (bicyclic) bond motifs is 1. The molecule has 2 aromatic rings. The van der Waals surface area contributed by atoms with E-state index in [9.17, 15) is 4.79 Å². The lowest BCUT2D eigenvalue weighted by Gasteiger charge is -2.37. The van der Waals surface area contributed by atoms with Crippen LogP contribution in [0.25, 0.3) is 0 Å². The Labute approximate surface area is 142 Å². The molecule has 24 heavy (non-hydrogen) atoms. The molecule has 0 bridgehead atoms. The zero-order valence-electron chi connectivity index (χ0n) is 14.3. The maximum atomic E-state index is 12.5. The van der Waals surface area contributed by atoms with Crippen LogP contribution in [0.1, 0.15) is 37.4 Å². The third kappa shape index (κ3) is 3.70. The Kier molecular flexibility index (Phi) is 4.47. The van der Waals surface area contributed by atoms with E-state index in [-0.39, 0.29) is 17.6 Å². The second kappa shape index (κ2) is 6.56. The van der Waals surface area contributed by atoms with Gasteiger partial charge in [-0.15, -0.1) is 0 Å². The fourth-order valence-electron chi connectivity index (χ4n) is 3.11. The first kappa shape index (κ1) is 16.4. The normalized spacial score (nSPS) is 18.2. The molecule has 4 nitrogen and oxygen atoms in total. The molecule has 0 aliphatic carbocycles. The monoisotopic (exact) mass is 325 g/mol. The van der Waals surface area contributed by atoms with Gasteiger partial charge in [0.25, 0.3) is 0 Å². The fraction of sp³-hybridized carbons (Fsp3) is 0.350. The SMILES string of the molecule is COc1ccc(CC(=O)N[C@@H]2CC(C)(C)Oc3ccccc32)cc1. The van der Waals surface area contributed by atoms with Crippen LogP contribution < -0.4 is 14.8 Å². The van der Waals surface area contributed by atoms with Gasteiger partial charge in [-0.3, -0.25) is 4.79 Å². The second-order valence-electron chi connectivity index (χ2n) is 6.75. The van der Waals surface area contributed by atoms with E-state index >= 15 is 0 Å². The average molecular weight is 325 g/mol. The largest absolute Gasteiger partial charge is 0.497 e. The Hall–Kier alpha value is -2.49. The lowest BCUT2D eigenvalue weighted by atomic mass is 9.89. The summed E-state index contributed by atoms with van der Waals surface area (Å²) in [6.07, 6.45) is 1.10. The van der Waals surface area contributed by atoms with Crippen molar-refractivity contribution in [3.8, 4) is 11.5 Å². The van der Waals surface area contributed by atoms with Crippen LogP contribution in [0.3, 0.4) is 0 Å². The summed E-state index contributed by atoms with van der Waals surface area (Å²) in [6.45, 7) is 4.09. The van der Waals surface area contributed by atoms with Gasteiger partial charge in [-0.1, -0.05) is 30.3 Å². The maximum Gasteiger partial charge on any atom is 0.224 e. The van der Waals surface area contributed by atoms with E-state index in [1.165, 1.54) is 0 Å². The van der Waals surface area contributed by atoms with Crippen molar-refractivity contribution in [2.45, 2.75) is 38.3 Å². The summed E-state index contributed by atoms with van der Waals surface area (Å²) in [6, 6.07) is 15.4. The summed E-state index contributed by atoms with van der Waals surface area (Å²) in [5.41, 5.74) is 1.71. The van der Waals surface area contributed by atoms with Crippen LogP contribution in [0.15, 0.2) is 48.5 Å². The lowest BCUT2D eigenvalue weighted by Crippen LogP contribution is -2.41. The number of hydrogen-bond donors (Lipinski definition) is 1. The van der Waals surface area contributed by atoms with Crippen LogP contribution in [0.2, 0.25) is 0 Å². The molecule has 1 N–H and O–H groups in total. The van der Waals surface area contributed by atoms with Crippen LogP contribution in [-0.2, 0) is 11.2 Å². The Bertz CT molecular complexity index is 722. The Morgan fingerprint density at radius 2 is 1.92 bits per heavy atom. The van der Waals surface area contributed by atoms with Crippen molar-refractivity contribution in [1.29, 1.82) is 0 Å². The molecule has 1 aliphatic rings. The highest BCUT2D eigenvalue weighted by Gasteiger charge is 2.34. The van der Waals surface area contributed by atoms with Gasteiger partial charge in [-0.25, -0.2) is 0 Å². The number of nitrogens with one attached hydrogen (secondary N) is 1. The number of carbonyl (C=O) groups excluding carboxylic acids is 1. The van der Waals surface area contributed by atoms with Gasteiger partial charge < -0.3 is 14.8 Å². The standard InChI is InChI=1S/C20H23NO3/c1-20(2)13-17(16-6-4-5-7-18(16)24-20)21-19(22)12-14-8-10-15(23-3)11-9-14/h4-11,17H,12-13H2,1-3H3,(H,21,22)/t17-/m1/s1. The average Bonchev–Trinajstić information content (AvgIpc) is 2.54. The summed E-state index contributed by atoms with van der Waals surface area (Å²) in [7, 11) is 1.63. The van der Waals surface area contributed by atoms with Gasteiger partial charge in [-0.2, -0.15) is 0 Å². The first-order valence-electron chi connectivity index (χ1n) is 8.17. The van der Waals surface area contributed by atoms with Gasteiger partial charge in [-0.05, 0) is 37.6 Å². The zero-order chi connectivity index (χ0) is 17.2. The molecule has 126 valence electrons. The smallest absolute Gasteiger partial charge is 0.224 e. The molecule has 1 heterocycles. The summed E-state index contributed by atoms with van der Waals surface area (Å²) >= 11 is 0. The van der Waals surface area contributed by atoms with Crippen molar-refractivity contribution < 1.29 is 14.3 Å². The molecule has 0 aromatic heterocycles. The Balaban J connectivity index is 1.71. The summed E-state index contributed by atoms with van der Waals surface area (Å²) in [4.78, 5) is 12.5. The first-order valence-corrected chi connectivity index (χ1v) is 8.17. The number of benzene rings is 2. The number of ether oxygens (including phenoxy) is 2. The molecule has 2 aromatic carbocycles. The third-order valence-corrected chi connectivity index (χ3v) is 4.24. The first-order chi connectivity index (χ1) is 11.5. The van der Waals surface area contributed by atoms with E-state index in [0.29, 0.717) is 6.42 Å². The molecule has 1 amide bonds. The fourth-order valence-corrected chi connectivity index (χ4v) is 3.11. The Morgan fingerprint density at radius 1 is 1.21 bits per heavy atom. The number of rotatable bonds is 4. The van der Waals surface area contributed by atoms with E-state index < -0.39 is 0 Å². The van der Waals surface area contributed by atoms with Gasteiger partial charge in [0.05, 0.1) is 19.6 Å². The van der Waals surface area contributed by atoms with E-state index in [1.807, 2.05) is 62.4 Å².